The number of amides is 3. The minimum Gasteiger partial charge on any atom is -0.447 e. The van der Waals surface area contributed by atoms with Crippen LogP contribution in [0.1, 0.15) is 29.8 Å². The standard InChI is InChI=1S/C21H22N2O4/c1-21(2)15-27-20(26)23(21)18(24)14-22(13-16-9-5-3-6-10-16)19(25)17-11-7-4-8-12-17/h3-12H,13-15H2,1-2H3. The molecule has 0 spiro atoms. The summed E-state index contributed by atoms with van der Waals surface area (Å²) in [7, 11) is 0. The Hall–Kier alpha value is -3.15. The molecule has 2 aromatic rings. The highest BCUT2D eigenvalue weighted by atomic mass is 16.6. The van der Waals surface area contributed by atoms with E-state index in [-0.39, 0.29) is 25.6 Å². The van der Waals surface area contributed by atoms with Gasteiger partial charge in [-0.25, -0.2) is 9.69 Å². The van der Waals surface area contributed by atoms with Crippen LogP contribution in [0.3, 0.4) is 0 Å². The predicted octanol–water partition coefficient (Wildman–Crippen LogP) is 3.09. The molecular formula is C21H22N2O4. The molecule has 0 aliphatic carbocycles. The van der Waals surface area contributed by atoms with Gasteiger partial charge in [-0.1, -0.05) is 48.5 Å². The lowest BCUT2D eigenvalue weighted by Crippen LogP contribution is -2.50. The van der Waals surface area contributed by atoms with Gasteiger partial charge in [-0.2, -0.15) is 0 Å². The lowest BCUT2D eigenvalue weighted by Gasteiger charge is -2.29. The molecule has 0 atom stereocenters. The third kappa shape index (κ3) is 4.16. The highest BCUT2D eigenvalue weighted by Gasteiger charge is 2.44. The first kappa shape index (κ1) is 18.6. The molecule has 3 amide bonds. The third-order valence-corrected chi connectivity index (χ3v) is 4.44. The lowest BCUT2D eigenvalue weighted by atomic mass is 10.1. The summed E-state index contributed by atoms with van der Waals surface area (Å²) in [4.78, 5) is 40.4. The van der Waals surface area contributed by atoms with Crippen LogP contribution in [-0.2, 0) is 16.1 Å². The van der Waals surface area contributed by atoms with Gasteiger partial charge in [-0.05, 0) is 31.5 Å². The quantitative estimate of drug-likeness (QED) is 0.816. The maximum atomic E-state index is 13.0. The number of carbonyl (C=O) groups excluding carboxylic acids is 3. The number of hydrogen-bond donors (Lipinski definition) is 0. The fraction of sp³-hybridized carbons (Fsp3) is 0.286. The monoisotopic (exact) mass is 366 g/mol. The van der Waals surface area contributed by atoms with Crippen LogP contribution in [0.5, 0.6) is 0 Å². The molecule has 1 aliphatic rings. The van der Waals surface area contributed by atoms with E-state index < -0.39 is 17.5 Å². The van der Waals surface area contributed by atoms with Gasteiger partial charge in [0.05, 0.1) is 5.54 Å². The SMILES string of the molecule is CC1(C)COC(=O)N1C(=O)CN(Cc1ccccc1)C(=O)c1ccccc1. The first-order chi connectivity index (χ1) is 12.9. The van der Waals surface area contributed by atoms with Crippen molar-refractivity contribution in [3.63, 3.8) is 0 Å². The van der Waals surface area contributed by atoms with Crippen LogP contribution in [-0.4, -0.2) is 46.4 Å². The third-order valence-electron chi connectivity index (χ3n) is 4.44. The van der Waals surface area contributed by atoms with Gasteiger partial charge in [-0.3, -0.25) is 9.59 Å². The Kier molecular flexibility index (Phi) is 5.26. The van der Waals surface area contributed by atoms with Crippen LogP contribution in [0.2, 0.25) is 0 Å². The number of nitrogens with zero attached hydrogens (tertiary/aromatic N) is 2. The number of ether oxygens (including phenoxy) is 1. The van der Waals surface area contributed by atoms with Gasteiger partial charge >= 0.3 is 6.09 Å². The maximum absolute atomic E-state index is 13.0. The Bertz CT molecular complexity index is 834. The Balaban J connectivity index is 1.84. The van der Waals surface area contributed by atoms with Gasteiger partial charge in [0.2, 0.25) is 0 Å². The zero-order valence-electron chi connectivity index (χ0n) is 15.4. The molecule has 3 rings (SSSR count). The normalized spacial score (nSPS) is 15.3. The Morgan fingerprint density at radius 1 is 1.04 bits per heavy atom. The Morgan fingerprint density at radius 2 is 1.63 bits per heavy atom. The molecule has 140 valence electrons. The van der Waals surface area contributed by atoms with Crippen molar-refractivity contribution in [3.8, 4) is 0 Å². The molecule has 1 fully saturated rings. The fourth-order valence-electron chi connectivity index (χ4n) is 3.05. The maximum Gasteiger partial charge on any atom is 0.417 e. The van der Waals surface area contributed by atoms with Crippen LogP contribution >= 0.6 is 0 Å². The second-order valence-corrected chi connectivity index (χ2v) is 7.11. The van der Waals surface area contributed by atoms with Gasteiger partial charge in [-0.15, -0.1) is 0 Å². The van der Waals surface area contributed by atoms with Gasteiger partial charge < -0.3 is 9.64 Å². The minimum absolute atomic E-state index is 0.142. The fourth-order valence-corrected chi connectivity index (χ4v) is 3.05. The number of carbonyl (C=O) groups is 3. The molecule has 1 saturated heterocycles. The zero-order chi connectivity index (χ0) is 19.4. The molecule has 0 N–H and O–H groups in total. The summed E-state index contributed by atoms with van der Waals surface area (Å²) in [6.07, 6.45) is -0.670. The summed E-state index contributed by atoms with van der Waals surface area (Å²) in [6.45, 7) is 3.72. The molecule has 0 bridgehead atoms. The van der Waals surface area contributed by atoms with Crippen molar-refractivity contribution in [1.82, 2.24) is 9.80 Å². The van der Waals surface area contributed by atoms with Crippen LogP contribution < -0.4 is 0 Å². The molecule has 0 saturated carbocycles. The summed E-state index contributed by atoms with van der Waals surface area (Å²) in [6, 6.07) is 18.2. The van der Waals surface area contributed by atoms with Crippen molar-refractivity contribution in [1.29, 1.82) is 0 Å². The number of imide groups is 1. The molecule has 0 aromatic heterocycles. The largest absolute Gasteiger partial charge is 0.447 e. The second-order valence-electron chi connectivity index (χ2n) is 7.11. The van der Waals surface area contributed by atoms with E-state index in [1.165, 1.54) is 4.90 Å². The Labute approximate surface area is 158 Å². The number of rotatable bonds is 5. The summed E-state index contributed by atoms with van der Waals surface area (Å²) in [5.74, 6) is -0.721. The average molecular weight is 366 g/mol. The second kappa shape index (κ2) is 7.61. The number of cyclic esters (lactones) is 1. The molecule has 27 heavy (non-hydrogen) atoms. The van der Waals surface area contributed by atoms with Crippen molar-refractivity contribution < 1.29 is 19.1 Å². The van der Waals surface area contributed by atoms with E-state index in [1.807, 2.05) is 36.4 Å². The molecule has 6 heteroatoms. The van der Waals surface area contributed by atoms with E-state index in [1.54, 1.807) is 38.1 Å². The van der Waals surface area contributed by atoms with Crippen molar-refractivity contribution in [2.45, 2.75) is 25.9 Å². The summed E-state index contributed by atoms with van der Waals surface area (Å²) >= 11 is 0. The summed E-state index contributed by atoms with van der Waals surface area (Å²) < 4.78 is 5.01. The number of hydrogen-bond acceptors (Lipinski definition) is 4. The van der Waals surface area contributed by atoms with E-state index in [0.29, 0.717) is 5.56 Å². The average Bonchev–Trinajstić information content (AvgIpc) is 2.94. The molecule has 1 heterocycles. The van der Waals surface area contributed by atoms with E-state index in [4.69, 9.17) is 4.74 Å². The van der Waals surface area contributed by atoms with Gasteiger partial charge in [0.25, 0.3) is 11.8 Å². The van der Waals surface area contributed by atoms with E-state index >= 15 is 0 Å². The minimum atomic E-state index is -0.734. The summed E-state index contributed by atoms with van der Waals surface area (Å²) in [5.41, 5.74) is 0.657. The van der Waals surface area contributed by atoms with Crippen LogP contribution in [0, 0.1) is 0 Å². The highest BCUT2D eigenvalue weighted by Crippen LogP contribution is 2.24. The molecule has 0 unspecified atom stereocenters. The van der Waals surface area contributed by atoms with Crippen LogP contribution in [0.4, 0.5) is 4.79 Å². The number of benzene rings is 2. The van der Waals surface area contributed by atoms with Crippen molar-refractivity contribution in [3.05, 3.63) is 71.8 Å². The first-order valence-electron chi connectivity index (χ1n) is 8.76. The van der Waals surface area contributed by atoms with Crippen molar-refractivity contribution >= 4 is 17.9 Å². The highest BCUT2D eigenvalue weighted by molar-refractivity contribution is 6.00. The van der Waals surface area contributed by atoms with E-state index in [2.05, 4.69) is 0 Å². The first-order valence-corrected chi connectivity index (χ1v) is 8.76. The zero-order valence-corrected chi connectivity index (χ0v) is 15.4. The van der Waals surface area contributed by atoms with Gasteiger partial charge in [0.15, 0.2) is 0 Å². The van der Waals surface area contributed by atoms with E-state index in [9.17, 15) is 14.4 Å². The molecule has 1 aliphatic heterocycles. The molecule has 2 aromatic carbocycles. The van der Waals surface area contributed by atoms with Crippen molar-refractivity contribution in [2.75, 3.05) is 13.2 Å². The van der Waals surface area contributed by atoms with Crippen molar-refractivity contribution in [2.24, 2.45) is 0 Å². The van der Waals surface area contributed by atoms with E-state index in [0.717, 1.165) is 10.5 Å². The topological polar surface area (TPSA) is 66.9 Å². The smallest absolute Gasteiger partial charge is 0.417 e. The van der Waals surface area contributed by atoms with Gasteiger partial charge in [0.1, 0.15) is 13.2 Å². The van der Waals surface area contributed by atoms with Crippen LogP contribution in [0.25, 0.3) is 0 Å². The molecule has 6 nitrogen and oxygen atoms in total. The predicted molar refractivity (Wildman–Crippen MR) is 99.9 cm³/mol. The molecular weight excluding hydrogens is 344 g/mol. The molecule has 0 radical (unpaired) electrons. The summed E-state index contributed by atoms with van der Waals surface area (Å²) in [5, 5.41) is 0. The van der Waals surface area contributed by atoms with Crippen LogP contribution in [0.15, 0.2) is 60.7 Å². The lowest BCUT2D eigenvalue weighted by molar-refractivity contribution is -0.131. The Morgan fingerprint density at radius 3 is 2.19 bits per heavy atom. The van der Waals surface area contributed by atoms with Gasteiger partial charge in [0, 0.05) is 12.1 Å².